The summed E-state index contributed by atoms with van der Waals surface area (Å²) in [5.74, 6) is 0.133. The molecule has 1 aliphatic rings. The second-order valence-electron chi connectivity index (χ2n) is 6.49. The van der Waals surface area contributed by atoms with E-state index in [1.165, 1.54) is 5.56 Å². The van der Waals surface area contributed by atoms with E-state index in [-0.39, 0.29) is 5.91 Å². The van der Waals surface area contributed by atoms with Crippen molar-refractivity contribution in [2.75, 3.05) is 26.2 Å². The van der Waals surface area contributed by atoms with Crippen LogP contribution >= 0.6 is 15.9 Å². The Balaban J connectivity index is 1.52. The van der Waals surface area contributed by atoms with Crippen molar-refractivity contribution in [3.8, 4) is 0 Å². The maximum atomic E-state index is 12.5. The van der Waals surface area contributed by atoms with Crippen LogP contribution in [0.3, 0.4) is 0 Å². The number of carbonyl (C=O) groups is 1. The van der Waals surface area contributed by atoms with Crippen molar-refractivity contribution in [2.24, 2.45) is 0 Å². The molecular formula is C17H25BrN6O. The van der Waals surface area contributed by atoms with Gasteiger partial charge in [0.25, 0.3) is 0 Å². The summed E-state index contributed by atoms with van der Waals surface area (Å²) in [4.78, 5) is 16.8. The zero-order valence-corrected chi connectivity index (χ0v) is 16.7. The van der Waals surface area contributed by atoms with Gasteiger partial charge in [0.2, 0.25) is 5.91 Å². The largest absolute Gasteiger partial charge is 0.339 e. The Morgan fingerprint density at radius 1 is 1.24 bits per heavy atom. The van der Waals surface area contributed by atoms with Crippen molar-refractivity contribution >= 4 is 21.8 Å². The van der Waals surface area contributed by atoms with Gasteiger partial charge in [-0.15, -0.1) is 0 Å². The van der Waals surface area contributed by atoms with Gasteiger partial charge in [0, 0.05) is 51.0 Å². The molecule has 8 heteroatoms. The number of rotatable bonds is 5. The fraction of sp³-hybridized carbons (Fsp3) is 0.588. The first-order valence-corrected chi connectivity index (χ1v) is 9.48. The molecule has 0 aliphatic carbocycles. The Morgan fingerprint density at radius 3 is 2.52 bits per heavy atom. The van der Waals surface area contributed by atoms with Gasteiger partial charge in [0.1, 0.15) is 6.54 Å². The minimum Gasteiger partial charge on any atom is -0.339 e. The number of piperazine rings is 1. The predicted octanol–water partition coefficient (Wildman–Crippen LogP) is 1.82. The van der Waals surface area contributed by atoms with Crippen LogP contribution in [0, 0.1) is 13.8 Å². The third kappa shape index (κ3) is 4.12. The summed E-state index contributed by atoms with van der Waals surface area (Å²) in [7, 11) is 0. The number of hydrogen-bond donors (Lipinski definition) is 0. The number of hydrogen-bond acceptors (Lipinski definition) is 4. The number of carbonyl (C=O) groups excluding carboxylic acids is 1. The molecule has 1 aliphatic heterocycles. The highest BCUT2D eigenvalue weighted by molar-refractivity contribution is 9.10. The first-order valence-electron chi connectivity index (χ1n) is 8.69. The molecule has 7 nitrogen and oxygen atoms in total. The topological polar surface area (TPSA) is 59.2 Å². The minimum absolute atomic E-state index is 0.133. The monoisotopic (exact) mass is 408 g/mol. The van der Waals surface area contributed by atoms with Crippen LogP contribution in [-0.4, -0.2) is 61.4 Å². The molecular weight excluding hydrogens is 384 g/mol. The van der Waals surface area contributed by atoms with E-state index >= 15 is 0 Å². The first-order chi connectivity index (χ1) is 12.0. The van der Waals surface area contributed by atoms with Gasteiger partial charge in [-0.25, -0.2) is 0 Å². The van der Waals surface area contributed by atoms with Gasteiger partial charge < -0.3 is 4.90 Å². The SMILES string of the molecule is CCn1cc(CN2CCN(C(=O)Cn3ncc(Br)c3C)CC2)c(C)n1. The van der Waals surface area contributed by atoms with E-state index in [9.17, 15) is 4.79 Å². The Kier molecular flexibility index (Phi) is 5.58. The third-order valence-corrected chi connectivity index (χ3v) is 5.60. The third-order valence-electron chi connectivity index (χ3n) is 4.82. The van der Waals surface area contributed by atoms with Crippen LogP contribution in [0.15, 0.2) is 16.9 Å². The summed E-state index contributed by atoms with van der Waals surface area (Å²) >= 11 is 3.43. The fourth-order valence-corrected chi connectivity index (χ4v) is 3.38. The van der Waals surface area contributed by atoms with Crippen LogP contribution in [0.5, 0.6) is 0 Å². The van der Waals surface area contributed by atoms with Crippen molar-refractivity contribution in [2.45, 2.75) is 40.4 Å². The lowest BCUT2D eigenvalue weighted by Gasteiger charge is -2.34. The second-order valence-corrected chi connectivity index (χ2v) is 7.34. The Labute approximate surface area is 156 Å². The standard InChI is InChI=1S/C17H25BrN6O/c1-4-23-11-15(13(2)20-23)10-21-5-7-22(8-6-21)17(25)12-24-14(3)16(18)9-19-24/h9,11H,4-8,10,12H2,1-3H3. The Bertz CT molecular complexity index is 744. The lowest BCUT2D eigenvalue weighted by Crippen LogP contribution is -2.49. The minimum atomic E-state index is 0.133. The summed E-state index contributed by atoms with van der Waals surface area (Å²) in [6.45, 7) is 11.5. The fourth-order valence-electron chi connectivity index (χ4n) is 3.08. The number of halogens is 1. The van der Waals surface area contributed by atoms with E-state index in [2.05, 4.69) is 51.1 Å². The lowest BCUT2D eigenvalue weighted by molar-refractivity contribution is -0.133. The molecule has 0 saturated carbocycles. The number of nitrogens with zero attached hydrogens (tertiary/aromatic N) is 6. The number of aromatic nitrogens is 4. The van der Waals surface area contributed by atoms with Gasteiger partial charge in [-0.05, 0) is 36.7 Å². The quantitative estimate of drug-likeness (QED) is 0.756. The molecule has 25 heavy (non-hydrogen) atoms. The van der Waals surface area contributed by atoms with Crippen LogP contribution in [0.25, 0.3) is 0 Å². The molecule has 3 rings (SSSR count). The highest BCUT2D eigenvalue weighted by Gasteiger charge is 2.22. The number of aryl methyl sites for hydroxylation is 2. The molecule has 136 valence electrons. The molecule has 3 heterocycles. The number of amides is 1. The molecule has 0 radical (unpaired) electrons. The van der Waals surface area contributed by atoms with Gasteiger partial charge in [-0.3, -0.25) is 19.1 Å². The van der Waals surface area contributed by atoms with Crippen molar-refractivity contribution in [1.29, 1.82) is 0 Å². The van der Waals surface area contributed by atoms with Gasteiger partial charge in [0.05, 0.1) is 22.1 Å². The molecule has 0 atom stereocenters. The van der Waals surface area contributed by atoms with Crippen molar-refractivity contribution in [1.82, 2.24) is 29.4 Å². The molecule has 0 spiro atoms. The lowest BCUT2D eigenvalue weighted by atomic mass is 10.2. The smallest absolute Gasteiger partial charge is 0.244 e. The van der Waals surface area contributed by atoms with E-state index in [4.69, 9.17) is 0 Å². The highest BCUT2D eigenvalue weighted by Crippen LogP contribution is 2.15. The second kappa shape index (κ2) is 7.70. The first kappa shape index (κ1) is 18.1. The average molecular weight is 409 g/mol. The highest BCUT2D eigenvalue weighted by atomic mass is 79.9. The van der Waals surface area contributed by atoms with Gasteiger partial charge in [0.15, 0.2) is 0 Å². The van der Waals surface area contributed by atoms with Gasteiger partial charge in [-0.1, -0.05) is 0 Å². The van der Waals surface area contributed by atoms with E-state index < -0.39 is 0 Å². The molecule has 0 N–H and O–H groups in total. The zero-order chi connectivity index (χ0) is 18.0. The maximum Gasteiger partial charge on any atom is 0.244 e. The predicted molar refractivity (Wildman–Crippen MR) is 99.2 cm³/mol. The molecule has 2 aromatic heterocycles. The molecule has 2 aromatic rings. The molecule has 0 unspecified atom stereocenters. The van der Waals surface area contributed by atoms with Gasteiger partial charge >= 0.3 is 0 Å². The van der Waals surface area contributed by atoms with Gasteiger partial charge in [-0.2, -0.15) is 10.2 Å². The van der Waals surface area contributed by atoms with Crippen LogP contribution in [0.2, 0.25) is 0 Å². The summed E-state index contributed by atoms with van der Waals surface area (Å²) in [6.07, 6.45) is 3.87. The van der Waals surface area contributed by atoms with Crippen LogP contribution in [0.1, 0.15) is 23.9 Å². The van der Waals surface area contributed by atoms with Crippen molar-refractivity contribution < 1.29 is 4.79 Å². The summed E-state index contributed by atoms with van der Waals surface area (Å²) in [5.41, 5.74) is 3.36. The molecule has 1 fully saturated rings. The van der Waals surface area contributed by atoms with E-state index in [1.807, 2.05) is 16.5 Å². The van der Waals surface area contributed by atoms with E-state index in [1.54, 1.807) is 10.9 Å². The molecule has 0 aromatic carbocycles. The summed E-state index contributed by atoms with van der Waals surface area (Å²) in [6, 6.07) is 0. The molecule has 1 amide bonds. The van der Waals surface area contributed by atoms with Crippen molar-refractivity contribution in [3.05, 3.63) is 33.8 Å². The summed E-state index contributed by atoms with van der Waals surface area (Å²) in [5, 5.41) is 8.75. The Morgan fingerprint density at radius 2 is 1.96 bits per heavy atom. The van der Waals surface area contributed by atoms with Crippen LogP contribution in [0.4, 0.5) is 0 Å². The normalized spacial score (nSPS) is 15.8. The average Bonchev–Trinajstić information content (AvgIpc) is 3.12. The molecule has 1 saturated heterocycles. The van der Waals surface area contributed by atoms with Crippen molar-refractivity contribution in [3.63, 3.8) is 0 Å². The molecule has 0 bridgehead atoms. The Hall–Kier alpha value is -1.67. The van der Waals surface area contributed by atoms with E-state index in [0.29, 0.717) is 6.54 Å². The summed E-state index contributed by atoms with van der Waals surface area (Å²) < 4.78 is 4.67. The van der Waals surface area contributed by atoms with E-state index in [0.717, 1.165) is 55.1 Å². The van der Waals surface area contributed by atoms with Crippen LogP contribution in [-0.2, 0) is 24.4 Å². The zero-order valence-electron chi connectivity index (χ0n) is 15.1. The van der Waals surface area contributed by atoms with Crippen LogP contribution < -0.4 is 0 Å². The maximum absolute atomic E-state index is 12.5.